The van der Waals surface area contributed by atoms with E-state index in [-0.39, 0.29) is 0 Å². The van der Waals surface area contributed by atoms with Crippen LogP contribution in [0.15, 0.2) is 24.4 Å². The van der Waals surface area contributed by atoms with Crippen molar-refractivity contribution in [1.82, 2.24) is 9.78 Å². The standard InChI is InChI=1S/C16H21N3O2/c1-3-13-14(11-19(2)18-13)17-10-12-5-6-15-16(9-12)21-8-4-7-20-15/h5-6,9,11,17H,3-4,7-8,10H2,1-2H3. The fourth-order valence-corrected chi connectivity index (χ4v) is 2.46. The van der Waals surface area contributed by atoms with E-state index in [0.29, 0.717) is 6.61 Å². The number of hydrogen-bond acceptors (Lipinski definition) is 4. The Hall–Kier alpha value is -2.17. The molecule has 3 rings (SSSR count). The number of ether oxygens (including phenoxy) is 2. The number of fused-ring (bicyclic) bond motifs is 1. The molecule has 1 aliphatic rings. The molecule has 0 fully saturated rings. The second-order valence-electron chi connectivity index (χ2n) is 5.20. The third kappa shape index (κ3) is 3.12. The van der Waals surface area contributed by atoms with Crippen LogP contribution in [0.3, 0.4) is 0 Å². The minimum absolute atomic E-state index is 0.715. The quantitative estimate of drug-likeness (QED) is 0.939. The molecule has 0 bridgehead atoms. The maximum absolute atomic E-state index is 5.72. The van der Waals surface area contributed by atoms with Crippen molar-refractivity contribution in [2.24, 2.45) is 7.05 Å². The Kier molecular flexibility index (Phi) is 3.99. The number of benzene rings is 1. The number of nitrogens with zero attached hydrogens (tertiary/aromatic N) is 2. The van der Waals surface area contributed by atoms with E-state index < -0.39 is 0 Å². The molecular weight excluding hydrogens is 266 g/mol. The number of rotatable bonds is 4. The van der Waals surface area contributed by atoms with Gasteiger partial charge in [0.2, 0.25) is 0 Å². The van der Waals surface area contributed by atoms with Crippen LogP contribution in [0.4, 0.5) is 5.69 Å². The van der Waals surface area contributed by atoms with Crippen molar-refractivity contribution in [1.29, 1.82) is 0 Å². The van der Waals surface area contributed by atoms with Gasteiger partial charge >= 0.3 is 0 Å². The summed E-state index contributed by atoms with van der Waals surface area (Å²) >= 11 is 0. The van der Waals surface area contributed by atoms with Crippen LogP contribution in [0.5, 0.6) is 11.5 Å². The normalized spacial score (nSPS) is 13.8. The minimum Gasteiger partial charge on any atom is -0.490 e. The van der Waals surface area contributed by atoms with Crippen LogP contribution in [0.1, 0.15) is 24.6 Å². The van der Waals surface area contributed by atoms with Gasteiger partial charge in [0.25, 0.3) is 0 Å². The highest BCUT2D eigenvalue weighted by Gasteiger charge is 2.11. The van der Waals surface area contributed by atoms with E-state index in [2.05, 4.69) is 29.5 Å². The molecule has 0 saturated carbocycles. The lowest BCUT2D eigenvalue weighted by atomic mass is 10.2. The van der Waals surface area contributed by atoms with Crippen molar-refractivity contribution >= 4 is 5.69 Å². The summed E-state index contributed by atoms with van der Waals surface area (Å²) in [7, 11) is 1.94. The maximum atomic E-state index is 5.72. The van der Waals surface area contributed by atoms with Crippen molar-refractivity contribution in [3.05, 3.63) is 35.7 Å². The molecule has 2 heterocycles. The van der Waals surface area contributed by atoms with Crippen LogP contribution in [0, 0.1) is 0 Å². The largest absolute Gasteiger partial charge is 0.490 e. The molecule has 1 N–H and O–H groups in total. The van der Waals surface area contributed by atoms with Gasteiger partial charge < -0.3 is 14.8 Å². The summed E-state index contributed by atoms with van der Waals surface area (Å²) in [5.41, 5.74) is 3.35. The molecule has 0 saturated heterocycles. The Bertz CT molecular complexity index is 622. The van der Waals surface area contributed by atoms with E-state index >= 15 is 0 Å². The van der Waals surface area contributed by atoms with Gasteiger partial charge in [-0.2, -0.15) is 5.10 Å². The molecular formula is C16H21N3O2. The van der Waals surface area contributed by atoms with Crippen molar-refractivity contribution in [2.45, 2.75) is 26.3 Å². The molecule has 0 unspecified atom stereocenters. The summed E-state index contributed by atoms with van der Waals surface area (Å²) in [6.07, 6.45) is 3.87. The van der Waals surface area contributed by atoms with E-state index in [1.807, 2.05) is 24.0 Å². The van der Waals surface area contributed by atoms with Crippen LogP contribution >= 0.6 is 0 Å². The first-order valence-electron chi connectivity index (χ1n) is 7.41. The number of aryl methyl sites for hydroxylation is 2. The Morgan fingerprint density at radius 2 is 2.05 bits per heavy atom. The predicted octanol–water partition coefficient (Wildman–Crippen LogP) is 2.76. The smallest absolute Gasteiger partial charge is 0.161 e. The lowest BCUT2D eigenvalue weighted by Crippen LogP contribution is -2.01. The highest BCUT2D eigenvalue weighted by molar-refractivity contribution is 5.48. The second-order valence-corrected chi connectivity index (χ2v) is 5.20. The van der Waals surface area contributed by atoms with Crippen molar-refractivity contribution in [3.8, 4) is 11.5 Å². The first-order valence-corrected chi connectivity index (χ1v) is 7.41. The number of nitrogens with one attached hydrogen (secondary N) is 1. The number of anilines is 1. The van der Waals surface area contributed by atoms with Gasteiger partial charge in [-0.1, -0.05) is 13.0 Å². The molecule has 21 heavy (non-hydrogen) atoms. The van der Waals surface area contributed by atoms with Gasteiger partial charge in [-0.25, -0.2) is 0 Å². The summed E-state index contributed by atoms with van der Waals surface area (Å²) in [6, 6.07) is 6.11. The van der Waals surface area contributed by atoms with Crippen LogP contribution in [0.25, 0.3) is 0 Å². The molecule has 2 aromatic rings. The van der Waals surface area contributed by atoms with E-state index in [4.69, 9.17) is 9.47 Å². The molecule has 1 aliphatic heterocycles. The summed E-state index contributed by atoms with van der Waals surface area (Å²) in [5, 5.41) is 7.88. The zero-order valence-electron chi connectivity index (χ0n) is 12.6. The van der Waals surface area contributed by atoms with E-state index in [1.165, 1.54) is 5.56 Å². The highest BCUT2D eigenvalue weighted by Crippen LogP contribution is 2.30. The van der Waals surface area contributed by atoms with E-state index in [9.17, 15) is 0 Å². The topological polar surface area (TPSA) is 48.3 Å². The Morgan fingerprint density at radius 3 is 2.86 bits per heavy atom. The summed E-state index contributed by atoms with van der Waals surface area (Å²) in [6.45, 7) is 4.29. The third-order valence-electron chi connectivity index (χ3n) is 3.54. The zero-order chi connectivity index (χ0) is 14.7. The molecule has 0 aliphatic carbocycles. The zero-order valence-corrected chi connectivity index (χ0v) is 12.6. The average Bonchev–Trinajstić information content (AvgIpc) is 2.70. The monoisotopic (exact) mass is 287 g/mol. The van der Waals surface area contributed by atoms with Crippen LogP contribution in [-0.2, 0) is 20.0 Å². The molecule has 1 aromatic carbocycles. The van der Waals surface area contributed by atoms with Crippen LogP contribution in [-0.4, -0.2) is 23.0 Å². The van der Waals surface area contributed by atoms with Gasteiger partial charge in [0.05, 0.1) is 24.6 Å². The molecule has 0 atom stereocenters. The fraction of sp³-hybridized carbons (Fsp3) is 0.438. The Morgan fingerprint density at radius 1 is 1.24 bits per heavy atom. The highest BCUT2D eigenvalue weighted by atomic mass is 16.5. The molecule has 5 heteroatoms. The van der Waals surface area contributed by atoms with Gasteiger partial charge in [0.15, 0.2) is 11.5 Å². The van der Waals surface area contributed by atoms with Gasteiger partial charge in [-0.05, 0) is 24.1 Å². The Labute approximate surface area is 124 Å². The van der Waals surface area contributed by atoms with E-state index in [0.717, 1.165) is 48.9 Å². The Balaban J connectivity index is 1.71. The molecule has 0 radical (unpaired) electrons. The average molecular weight is 287 g/mol. The summed E-state index contributed by atoms with van der Waals surface area (Å²) in [5.74, 6) is 1.68. The van der Waals surface area contributed by atoms with Crippen molar-refractivity contribution in [3.63, 3.8) is 0 Å². The van der Waals surface area contributed by atoms with Crippen LogP contribution in [0.2, 0.25) is 0 Å². The van der Waals surface area contributed by atoms with Gasteiger partial charge in [-0.3, -0.25) is 4.68 Å². The van der Waals surface area contributed by atoms with Gasteiger partial charge in [0.1, 0.15) is 0 Å². The number of hydrogen-bond donors (Lipinski definition) is 1. The fourth-order valence-electron chi connectivity index (χ4n) is 2.46. The lowest BCUT2D eigenvalue weighted by molar-refractivity contribution is 0.297. The molecule has 5 nitrogen and oxygen atoms in total. The first-order chi connectivity index (χ1) is 10.3. The van der Waals surface area contributed by atoms with Gasteiger partial charge in [0, 0.05) is 26.2 Å². The summed E-state index contributed by atoms with van der Waals surface area (Å²) in [4.78, 5) is 0. The van der Waals surface area contributed by atoms with Crippen molar-refractivity contribution in [2.75, 3.05) is 18.5 Å². The molecule has 112 valence electrons. The minimum atomic E-state index is 0.715. The summed E-state index contributed by atoms with van der Waals surface area (Å²) < 4.78 is 13.2. The maximum Gasteiger partial charge on any atom is 0.161 e. The lowest BCUT2D eigenvalue weighted by Gasteiger charge is -2.10. The van der Waals surface area contributed by atoms with E-state index in [1.54, 1.807) is 0 Å². The molecule has 0 amide bonds. The SMILES string of the molecule is CCc1nn(C)cc1NCc1ccc2c(c1)OCCCO2. The third-order valence-corrected chi connectivity index (χ3v) is 3.54. The number of aromatic nitrogens is 2. The first kappa shape index (κ1) is 13.8. The second kappa shape index (κ2) is 6.08. The van der Waals surface area contributed by atoms with Gasteiger partial charge in [-0.15, -0.1) is 0 Å². The molecule has 0 spiro atoms. The molecule has 1 aromatic heterocycles. The predicted molar refractivity (Wildman–Crippen MR) is 82.0 cm³/mol. The van der Waals surface area contributed by atoms with Crippen molar-refractivity contribution < 1.29 is 9.47 Å². The van der Waals surface area contributed by atoms with Crippen LogP contribution < -0.4 is 14.8 Å².